The number of carbonyl (C=O) groups is 1. The Hall–Kier alpha value is -2.50. The molecule has 0 bridgehead atoms. The van der Waals surface area contributed by atoms with Gasteiger partial charge in [-0.05, 0) is 30.0 Å². The van der Waals surface area contributed by atoms with Crippen molar-refractivity contribution in [3.8, 4) is 11.4 Å². The minimum Gasteiger partial charge on any atom is -0.477 e. The maximum absolute atomic E-state index is 14.4. The van der Waals surface area contributed by atoms with E-state index >= 15 is 0 Å². The molecule has 0 saturated carbocycles. The van der Waals surface area contributed by atoms with Crippen molar-refractivity contribution >= 4 is 11.8 Å². The summed E-state index contributed by atoms with van der Waals surface area (Å²) >= 11 is 0. The van der Waals surface area contributed by atoms with Gasteiger partial charge >= 0.3 is 5.97 Å². The number of hydrogen-bond donors (Lipinski definition) is 2. The molecule has 5 nitrogen and oxygen atoms in total. The highest BCUT2D eigenvalue weighted by atomic mass is 19.1. The third kappa shape index (κ3) is 2.90. The van der Waals surface area contributed by atoms with Gasteiger partial charge in [0.15, 0.2) is 5.82 Å². The van der Waals surface area contributed by atoms with Crippen LogP contribution in [0.5, 0.6) is 0 Å². The number of anilines is 1. The number of carboxylic acid groups (broad SMARTS) is 1. The van der Waals surface area contributed by atoms with Crippen LogP contribution in [0.1, 0.15) is 42.4 Å². The highest BCUT2D eigenvalue weighted by molar-refractivity contribution is 5.94. The number of benzene rings is 1. The topological polar surface area (TPSA) is 89.1 Å². The second-order valence-corrected chi connectivity index (χ2v) is 6.14. The van der Waals surface area contributed by atoms with Crippen LogP contribution in [0, 0.1) is 12.7 Å². The van der Waals surface area contributed by atoms with E-state index in [1.54, 1.807) is 12.1 Å². The molecule has 2 rings (SSSR count). The average molecular weight is 303 g/mol. The number of nitrogens with zero attached hydrogens (tertiary/aromatic N) is 2. The van der Waals surface area contributed by atoms with E-state index in [1.807, 2.05) is 20.8 Å². The van der Waals surface area contributed by atoms with Crippen LogP contribution in [0.3, 0.4) is 0 Å². The Kier molecular flexibility index (Phi) is 3.87. The first-order chi connectivity index (χ1) is 10.1. The molecule has 116 valence electrons. The molecular formula is C16H18FN3O2. The minimum atomic E-state index is -1.20. The minimum absolute atomic E-state index is 0.0814. The Balaban J connectivity index is 2.56. The van der Waals surface area contributed by atoms with Gasteiger partial charge in [-0.1, -0.05) is 26.8 Å². The first-order valence-corrected chi connectivity index (χ1v) is 6.79. The SMILES string of the molecule is Cc1nc(-c2ccc(C(C)(C)C)cc2F)nc(N)c1C(=O)O. The van der Waals surface area contributed by atoms with Crippen molar-refractivity contribution in [1.29, 1.82) is 0 Å². The fraction of sp³-hybridized carbons (Fsp3) is 0.312. The molecule has 0 amide bonds. The zero-order valence-electron chi connectivity index (χ0n) is 12.9. The number of hydrogen-bond acceptors (Lipinski definition) is 4. The number of rotatable bonds is 2. The van der Waals surface area contributed by atoms with Gasteiger partial charge in [0.1, 0.15) is 17.2 Å². The van der Waals surface area contributed by atoms with E-state index in [-0.39, 0.29) is 33.9 Å². The number of aromatic carboxylic acids is 1. The van der Waals surface area contributed by atoms with Gasteiger partial charge in [0.05, 0.1) is 11.3 Å². The summed E-state index contributed by atoms with van der Waals surface area (Å²) in [4.78, 5) is 19.1. The van der Waals surface area contributed by atoms with Crippen molar-refractivity contribution in [2.75, 3.05) is 5.73 Å². The number of aromatic nitrogens is 2. The summed E-state index contributed by atoms with van der Waals surface area (Å²) in [7, 11) is 0. The molecule has 0 aliphatic carbocycles. The van der Waals surface area contributed by atoms with E-state index in [2.05, 4.69) is 9.97 Å². The van der Waals surface area contributed by atoms with Gasteiger partial charge in [0.2, 0.25) is 0 Å². The van der Waals surface area contributed by atoms with Crippen molar-refractivity contribution in [2.24, 2.45) is 0 Å². The summed E-state index contributed by atoms with van der Waals surface area (Å²) in [5.74, 6) is -1.76. The fourth-order valence-corrected chi connectivity index (χ4v) is 2.14. The monoisotopic (exact) mass is 303 g/mol. The van der Waals surface area contributed by atoms with E-state index in [4.69, 9.17) is 10.8 Å². The quantitative estimate of drug-likeness (QED) is 0.889. The molecule has 0 fully saturated rings. The second kappa shape index (κ2) is 5.36. The molecule has 0 unspecified atom stereocenters. The van der Waals surface area contributed by atoms with E-state index < -0.39 is 11.8 Å². The van der Waals surface area contributed by atoms with Gasteiger partial charge in [-0.2, -0.15) is 0 Å². The highest BCUT2D eigenvalue weighted by Crippen LogP contribution is 2.28. The zero-order valence-corrected chi connectivity index (χ0v) is 12.9. The van der Waals surface area contributed by atoms with Crippen LogP contribution in [0.2, 0.25) is 0 Å². The Morgan fingerprint density at radius 3 is 2.36 bits per heavy atom. The van der Waals surface area contributed by atoms with Gasteiger partial charge < -0.3 is 10.8 Å². The Bertz CT molecular complexity index is 729. The molecule has 3 N–H and O–H groups in total. The first kappa shape index (κ1) is 15.9. The lowest BCUT2D eigenvalue weighted by atomic mass is 9.86. The molecule has 1 aromatic carbocycles. The summed E-state index contributed by atoms with van der Waals surface area (Å²) in [6, 6.07) is 4.83. The molecule has 0 spiro atoms. The molecule has 0 saturated heterocycles. The van der Waals surface area contributed by atoms with E-state index in [1.165, 1.54) is 13.0 Å². The molecule has 6 heteroatoms. The van der Waals surface area contributed by atoms with Gasteiger partial charge in [-0.25, -0.2) is 19.2 Å². The molecule has 22 heavy (non-hydrogen) atoms. The standard InChI is InChI=1S/C16H18FN3O2/c1-8-12(15(21)22)13(18)20-14(19-8)10-6-5-9(7-11(10)17)16(2,3)4/h5-7H,1-4H3,(H,21,22)(H2,18,19,20). The third-order valence-corrected chi connectivity index (χ3v) is 3.41. The average Bonchev–Trinajstić information content (AvgIpc) is 2.35. The van der Waals surface area contributed by atoms with Crippen LogP contribution in [0.4, 0.5) is 10.2 Å². The Labute approximate surface area is 128 Å². The fourth-order valence-electron chi connectivity index (χ4n) is 2.14. The van der Waals surface area contributed by atoms with Crippen LogP contribution in [-0.4, -0.2) is 21.0 Å². The van der Waals surface area contributed by atoms with E-state index in [0.717, 1.165) is 5.56 Å². The smallest absolute Gasteiger partial charge is 0.341 e. The number of nitrogen functional groups attached to an aromatic ring is 1. The number of aryl methyl sites for hydroxylation is 1. The molecule has 0 radical (unpaired) electrons. The molecule has 0 aliphatic heterocycles. The first-order valence-electron chi connectivity index (χ1n) is 6.79. The predicted octanol–water partition coefficient (Wildman–Crippen LogP) is 3.17. The number of carboxylic acids is 1. The Morgan fingerprint density at radius 2 is 1.91 bits per heavy atom. The van der Waals surface area contributed by atoms with Gasteiger partial charge in [0, 0.05) is 0 Å². The number of nitrogens with two attached hydrogens (primary N) is 1. The van der Waals surface area contributed by atoms with Crippen LogP contribution in [-0.2, 0) is 5.41 Å². The lowest BCUT2D eigenvalue weighted by Crippen LogP contribution is -2.12. The van der Waals surface area contributed by atoms with Crippen LogP contribution in [0.25, 0.3) is 11.4 Å². The summed E-state index contributed by atoms with van der Waals surface area (Å²) in [5.41, 5.74) is 6.57. The van der Waals surface area contributed by atoms with Crippen LogP contribution in [0.15, 0.2) is 18.2 Å². The van der Waals surface area contributed by atoms with Gasteiger partial charge in [0.25, 0.3) is 0 Å². The number of halogens is 1. The van der Waals surface area contributed by atoms with Gasteiger partial charge in [-0.3, -0.25) is 0 Å². The van der Waals surface area contributed by atoms with Crippen molar-refractivity contribution < 1.29 is 14.3 Å². The van der Waals surface area contributed by atoms with Crippen molar-refractivity contribution in [3.05, 3.63) is 40.8 Å². The molecular weight excluding hydrogens is 285 g/mol. The van der Waals surface area contributed by atoms with Gasteiger partial charge in [-0.15, -0.1) is 0 Å². The molecule has 0 atom stereocenters. The Morgan fingerprint density at radius 1 is 1.27 bits per heavy atom. The van der Waals surface area contributed by atoms with E-state index in [9.17, 15) is 9.18 Å². The normalized spacial score (nSPS) is 11.5. The maximum atomic E-state index is 14.4. The van der Waals surface area contributed by atoms with Crippen molar-refractivity contribution in [3.63, 3.8) is 0 Å². The largest absolute Gasteiger partial charge is 0.477 e. The molecule has 1 aromatic heterocycles. The second-order valence-electron chi connectivity index (χ2n) is 6.14. The molecule has 1 heterocycles. The van der Waals surface area contributed by atoms with Crippen molar-refractivity contribution in [1.82, 2.24) is 9.97 Å². The summed E-state index contributed by atoms with van der Waals surface area (Å²) < 4.78 is 14.4. The van der Waals surface area contributed by atoms with Crippen LogP contribution >= 0.6 is 0 Å². The van der Waals surface area contributed by atoms with Crippen LogP contribution < -0.4 is 5.73 Å². The maximum Gasteiger partial charge on any atom is 0.341 e. The molecule has 0 aliphatic rings. The lowest BCUT2D eigenvalue weighted by Gasteiger charge is -2.19. The van der Waals surface area contributed by atoms with Crippen molar-refractivity contribution in [2.45, 2.75) is 33.1 Å². The zero-order chi connectivity index (χ0) is 16.7. The van der Waals surface area contributed by atoms with E-state index in [0.29, 0.717) is 0 Å². The summed E-state index contributed by atoms with van der Waals surface area (Å²) in [6.07, 6.45) is 0. The molecule has 2 aromatic rings. The third-order valence-electron chi connectivity index (χ3n) is 3.41. The highest BCUT2D eigenvalue weighted by Gasteiger charge is 2.20. The summed E-state index contributed by atoms with van der Waals surface area (Å²) in [5, 5.41) is 9.05. The lowest BCUT2D eigenvalue weighted by molar-refractivity contribution is 0.0696. The predicted molar refractivity (Wildman–Crippen MR) is 82.2 cm³/mol. The summed E-state index contributed by atoms with van der Waals surface area (Å²) in [6.45, 7) is 7.47.